The molecule has 13 heavy (non-hydrogen) atoms. The van der Waals surface area contributed by atoms with Crippen LogP contribution in [0.25, 0.3) is 0 Å². The zero-order chi connectivity index (χ0) is 9.47. The summed E-state index contributed by atoms with van der Waals surface area (Å²) in [6.07, 6.45) is 1.12. The molecule has 1 aromatic rings. The number of halogens is 2. The summed E-state index contributed by atoms with van der Waals surface area (Å²) in [5, 5.41) is 9.63. The fourth-order valence-corrected chi connectivity index (χ4v) is 1.23. The second-order valence-electron chi connectivity index (χ2n) is 2.99. The van der Waals surface area contributed by atoms with E-state index in [0.29, 0.717) is 0 Å². The quantitative estimate of drug-likeness (QED) is 0.654. The molecule has 1 aliphatic heterocycles. The Morgan fingerprint density at radius 1 is 1.46 bits per heavy atom. The Bertz CT molecular complexity index is 339. The van der Waals surface area contributed by atoms with Gasteiger partial charge in [0.2, 0.25) is 5.95 Å². The van der Waals surface area contributed by atoms with Crippen LogP contribution in [-0.2, 0) is 10.3 Å². The average molecular weight is 187 g/mol. The van der Waals surface area contributed by atoms with Crippen LogP contribution < -0.4 is 0 Å². The van der Waals surface area contributed by atoms with Gasteiger partial charge in [-0.1, -0.05) is 0 Å². The van der Waals surface area contributed by atoms with Crippen molar-refractivity contribution in [1.29, 1.82) is 0 Å². The first-order chi connectivity index (χ1) is 6.13. The van der Waals surface area contributed by atoms with Crippen molar-refractivity contribution in [3.63, 3.8) is 0 Å². The van der Waals surface area contributed by atoms with Crippen LogP contribution in [0.2, 0.25) is 0 Å². The topological polar surface area (TPSA) is 42.4 Å². The summed E-state index contributed by atoms with van der Waals surface area (Å²) in [7, 11) is 0. The summed E-state index contributed by atoms with van der Waals surface area (Å²) < 4.78 is 30.4. The minimum atomic E-state index is -1.38. The van der Waals surface area contributed by atoms with E-state index in [0.717, 1.165) is 6.20 Å². The van der Waals surface area contributed by atoms with E-state index in [-0.39, 0.29) is 18.8 Å². The molecule has 0 atom stereocenters. The summed E-state index contributed by atoms with van der Waals surface area (Å²) in [6.45, 7) is -0.0131. The number of nitrogens with zero attached hydrogens (tertiary/aromatic N) is 1. The number of hydrogen-bond acceptors (Lipinski definition) is 3. The molecule has 0 aliphatic carbocycles. The maximum atomic E-state index is 13.1. The van der Waals surface area contributed by atoms with Gasteiger partial charge in [0, 0.05) is 11.8 Å². The highest BCUT2D eigenvalue weighted by molar-refractivity contribution is 5.24. The van der Waals surface area contributed by atoms with Crippen molar-refractivity contribution in [2.24, 2.45) is 0 Å². The fraction of sp³-hybridized carbons (Fsp3) is 0.375. The molecule has 0 amide bonds. The van der Waals surface area contributed by atoms with Crippen LogP contribution in [0, 0.1) is 11.8 Å². The molecule has 1 aliphatic rings. The zero-order valence-corrected chi connectivity index (χ0v) is 6.63. The third kappa shape index (κ3) is 1.20. The molecule has 1 aromatic heterocycles. The van der Waals surface area contributed by atoms with Gasteiger partial charge in [0.25, 0.3) is 0 Å². The summed E-state index contributed by atoms with van der Waals surface area (Å²) in [6, 6.07) is 1.25. The van der Waals surface area contributed by atoms with Crippen LogP contribution >= 0.6 is 0 Å². The molecule has 0 spiro atoms. The van der Waals surface area contributed by atoms with Crippen molar-refractivity contribution in [3.8, 4) is 0 Å². The van der Waals surface area contributed by atoms with Gasteiger partial charge < -0.3 is 9.84 Å². The van der Waals surface area contributed by atoms with Crippen molar-refractivity contribution in [3.05, 3.63) is 29.6 Å². The predicted octanol–water partition coefficient (Wildman–Crippen LogP) is 0.578. The number of ether oxygens (including phenoxy) is 1. The molecule has 0 unspecified atom stereocenters. The third-order valence-corrected chi connectivity index (χ3v) is 2.03. The number of aliphatic hydroxyl groups is 1. The Kier molecular flexibility index (Phi) is 1.78. The van der Waals surface area contributed by atoms with Gasteiger partial charge in [0.1, 0.15) is 5.60 Å². The fourth-order valence-electron chi connectivity index (χ4n) is 1.23. The third-order valence-electron chi connectivity index (χ3n) is 2.03. The van der Waals surface area contributed by atoms with Gasteiger partial charge in [0.05, 0.1) is 13.2 Å². The molecule has 2 rings (SSSR count). The number of pyridine rings is 1. The van der Waals surface area contributed by atoms with Crippen LogP contribution in [0.5, 0.6) is 0 Å². The molecule has 1 fully saturated rings. The van der Waals surface area contributed by atoms with E-state index in [1.165, 1.54) is 6.07 Å². The van der Waals surface area contributed by atoms with Crippen LogP contribution in [0.4, 0.5) is 8.78 Å². The summed E-state index contributed by atoms with van der Waals surface area (Å²) in [4.78, 5) is 3.12. The monoisotopic (exact) mass is 187 g/mol. The predicted molar refractivity (Wildman–Crippen MR) is 38.9 cm³/mol. The van der Waals surface area contributed by atoms with Crippen molar-refractivity contribution in [1.82, 2.24) is 4.98 Å². The molecular weight excluding hydrogens is 180 g/mol. The van der Waals surface area contributed by atoms with E-state index in [9.17, 15) is 13.9 Å². The first-order valence-electron chi connectivity index (χ1n) is 3.74. The smallest absolute Gasteiger partial charge is 0.249 e. The van der Waals surface area contributed by atoms with E-state index in [4.69, 9.17) is 4.74 Å². The molecule has 5 heteroatoms. The minimum Gasteiger partial charge on any atom is -0.380 e. The zero-order valence-electron chi connectivity index (χ0n) is 6.63. The number of aromatic nitrogens is 1. The van der Waals surface area contributed by atoms with Gasteiger partial charge in [-0.25, -0.2) is 9.37 Å². The summed E-state index contributed by atoms with van der Waals surface area (Å²) in [5.74, 6) is -2.30. The van der Waals surface area contributed by atoms with Crippen molar-refractivity contribution in [2.45, 2.75) is 5.60 Å². The van der Waals surface area contributed by atoms with E-state index >= 15 is 0 Å². The van der Waals surface area contributed by atoms with E-state index in [2.05, 4.69) is 4.98 Å². The molecule has 0 aromatic carbocycles. The minimum absolute atomic E-state index is 0.00657. The second-order valence-corrected chi connectivity index (χ2v) is 2.99. The van der Waals surface area contributed by atoms with Gasteiger partial charge >= 0.3 is 0 Å². The Hall–Kier alpha value is -1.07. The molecule has 70 valence electrons. The number of hydrogen-bond donors (Lipinski definition) is 1. The Balaban J connectivity index is 2.45. The molecule has 1 N–H and O–H groups in total. The second kappa shape index (κ2) is 2.71. The first kappa shape index (κ1) is 8.52. The Labute approximate surface area is 73.0 Å². The number of rotatable bonds is 1. The highest BCUT2D eigenvalue weighted by atomic mass is 19.2. The van der Waals surface area contributed by atoms with Gasteiger partial charge in [-0.05, 0) is 6.07 Å². The van der Waals surface area contributed by atoms with E-state index in [1.54, 1.807) is 0 Å². The Morgan fingerprint density at radius 2 is 2.15 bits per heavy atom. The maximum Gasteiger partial charge on any atom is 0.249 e. The average Bonchev–Trinajstić information content (AvgIpc) is 2.06. The van der Waals surface area contributed by atoms with Crippen molar-refractivity contribution < 1.29 is 18.6 Å². The molecule has 0 saturated carbocycles. The Morgan fingerprint density at radius 3 is 2.69 bits per heavy atom. The largest absolute Gasteiger partial charge is 0.380 e. The summed E-state index contributed by atoms with van der Waals surface area (Å²) >= 11 is 0. The standard InChI is InChI=1S/C8H7F2NO2/c9-6-5(1-2-11-7(6)10)8(12)3-13-4-8/h1-2,12H,3-4H2. The van der Waals surface area contributed by atoms with Gasteiger partial charge in [0.15, 0.2) is 5.82 Å². The summed E-state index contributed by atoms with van der Waals surface area (Å²) in [5.41, 5.74) is -1.47. The SMILES string of the molecule is OC1(c2ccnc(F)c2F)COC1. The molecular formula is C8H7F2NO2. The van der Waals surface area contributed by atoms with Crippen LogP contribution in [-0.4, -0.2) is 23.3 Å². The van der Waals surface area contributed by atoms with Gasteiger partial charge in [-0.15, -0.1) is 0 Å². The normalized spacial score (nSPS) is 19.6. The van der Waals surface area contributed by atoms with E-state index in [1.807, 2.05) is 0 Å². The van der Waals surface area contributed by atoms with Crippen molar-refractivity contribution >= 4 is 0 Å². The van der Waals surface area contributed by atoms with E-state index < -0.39 is 17.4 Å². The van der Waals surface area contributed by atoms with Gasteiger partial charge in [-0.3, -0.25) is 0 Å². The lowest BCUT2D eigenvalue weighted by Gasteiger charge is -2.36. The molecule has 0 bridgehead atoms. The molecule has 0 radical (unpaired) electrons. The molecule has 1 saturated heterocycles. The van der Waals surface area contributed by atoms with Gasteiger partial charge in [-0.2, -0.15) is 4.39 Å². The molecule has 3 nitrogen and oxygen atoms in total. The lowest BCUT2D eigenvalue weighted by atomic mass is 9.93. The highest BCUT2D eigenvalue weighted by Crippen LogP contribution is 2.31. The van der Waals surface area contributed by atoms with Crippen LogP contribution in [0.3, 0.4) is 0 Å². The first-order valence-corrected chi connectivity index (χ1v) is 3.74. The highest BCUT2D eigenvalue weighted by Gasteiger charge is 2.40. The van der Waals surface area contributed by atoms with Crippen LogP contribution in [0.15, 0.2) is 12.3 Å². The van der Waals surface area contributed by atoms with Crippen molar-refractivity contribution in [2.75, 3.05) is 13.2 Å². The van der Waals surface area contributed by atoms with Crippen LogP contribution in [0.1, 0.15) is 5.56 Å². The maximum absolute atomic E-state index is 13.1. The lowest BCUT2D eigenvalue weighted by Crippen LogP contribution is -2.47. The lowest BCUT2D eigenvalue weighted by molar-refractivity contribution is -0.186. The molecule has 2 heterocycles.